The average molecular weight is 147 g/mol. The van der Waals surface area contributed by atoms with Gasteiger partial charge in [-0.1, -0.05) is 0 Å². The fourth-order valence-electron chi connectivity index (χ4n) is 0.722. The molecule has 0 saturated heterocycles. The molecule has 1 aromatic rings. The molecule has 10 heavy (non-hydrogen) atoms. The first-order chi connectivity index (χ1) is 4.61. The lowest BCUT2D eigenvalue weighted by Gasteiger charge is -1.92. The lowest BCUT2D eigenvalue weighted by molar-refractivity contribution is 0.121. The number of alkyl halides is 2. The van der Waals surface area contributed by atoms with Crippen LogP contribution >= 0.6 is 0 Å². The van der Waals surface area contributed by atoms with Crippen LogP contribution in [0.2, 0.25) is 0 Å². The van der Waals surface area contributed by atoms with E-state index in [1.165, 1.54) is 6.07 Å². The van der Waals surface area contributed by atoms with Crippen LogP contribution in [0.1, 0.15) is 17.9 Å². The summed E-state index contributed by atoms with van der Waals surface area (Å²) >= 11 is 0. The number of anilines is 1. The van der Waals surface area contributed by atoms with Crippen LogP contribution in [0.15, 0.2) is 10.5 Å². The second-order valence-corrected chi connectivity index (χ2v) is 1.98. The molecule has 0 atom stereocenters. The van der Waals surface area contributed by atoms with Crippen molar-refractivity contribution in [3.8, 4) is 0 Å². The molecule has 2 nitrogen and oxygen atoms in total. The van der Waals surface area contributed by atoms with Gasteiger partial charge in [-0.2, -0.15) is 0 Å². The van der Waals surface area contributed by atoms with Gasteiger partial charge < -0.3 is 10.2 Å². The lowest BCUT2D eigenvalue weighted by atomic mass is 10.4. The molecule has 0 amide bonds. The number of nitrogens with two attached hydrogens (primary N) is 1. The normalized spacial score (nSPS) is 10.8. The molecule has 1 heterocycles. The average Bonchev–Trinajstić information content (AvgIpc) is 2.10. The molecule has 0 aliphatic heterocycles. The monoisotopic (exact) mass is 147 g/mol. The fraction of sp³-hybridized carbons (Fsp3) is 0.333. The summed E-state index contributed by atoms with van der Waals surface area (Å²) in [5, 5.41) is 0. The van der Waals surface area contributed by atoms with E-state index >= 15 is 0 Å². The van der Waals surface area contributed by atoms with Gasteiger partial charge in [0.1, 0.15) is 5.76 Å². The summed E-state index contributed by atoms with van der Waals surface area (Å²) in [5.41, 5.74) is 5.19. The van der Waals surface area contributed by atoms with Crippen LogP contribution in [-0.4, -0.2) is 0 Å². The Balaban J connectivity index is 3.03. The molecule has 0 aromatic carbocycles. The van der Waals surface area contributed by atoms with Crippen molar-refractivity contribution in [3.05, 3.63) is 17.6 Å². The molecule has 0 aliphatic carbocycles. The van der Waals surface area contributed by atoms with E-state index in [1.807, 2.05) is 0 Å². The first-order valence-corrected chi connectivity index (χ1v) is 2.75. The van der Waals surface area contributed by atoms with E-state index in [-0.39, 0.29) is 5.69 Å². The smallest absolute Gasteiger partial charge is 0.297 e. The molecule has 0 unspecified atom stereocenters. The Morgan fingerprint density at radius 2 is 2.20 bits per heavy atom. The highest BCUT2D eigenvalue weighted by atomic mass is 19.3. The van der Waals surface area contributed by atoms with E-state index in [2.05, 4.69) is 4.42 Å². The largest absolute Gasteiger partial charge is 0.458 e. The summed E-state index contributed by atoms with van der Waals surface area (Å²) in [7, 11) is 0. The zero-order valence-electron chi connectivity index (χ0n) is 5.40. The Labute approximate surface area is 56.6 Å². The Hall–Kier alpha value is -1.06. The van der Waals surface area contributed by atoms with E-state index in [0.29, 0.717) is 5.76 Å². The number of hydrogen-bond donors (Lipinski definition) is 1. The summed E-state index contributed by atoms with van der Waals surface area (Å²) < 4.78 is 28.3. The zero-order valence-corrected chi connectivity index (χ0v) is 5.40. The Kier molecular flexibility index (Phi) is 1.61. The third-order valence-corrected chi connectivity index (χ3v) is 1.11. The summed E-state index contributed by atoms with van der Waals surface area (Å²) in [4.78, 5) is 0. The van der Waals surface area contributed by atoms with Crippen molar-refractivity contribution in [1.29, 1.82) is 0 Å². The van der Waals surface area contributed by atoms with Crippen LogP contribution in [0.25, 0.3) is 0 Å². The van der Waals surface area contributed by atoms with E-state index in [4.69, 9.17) is 5.73 Å². The number of halogens is 2. The van der Waals surface area contributed by atoms with E-state index < -0.39 is 12.2 Å². The quantitative estimate of drug-likeness (QED) is 0.660. The summed E-state index contributed by atoms with van der Waals surface area (Å²) in [6.07, 6.45) is -2.62. The van der Waals surface area contributed by atoms with Gasteiger partial charge in [0.15, 0.2) is 5.76 Å². The van der Waals surface area contributed by atoms with Gasteiger partial charge in [-0.3, -0.25) is 0 Å². The van der Waals surface area contributed by atoms with E-state index in [1.54, 1.807) is 6.92 Å². The van der Waals surface area contributed by atoms with Crippen LogP contribution in [0.5, 0.6) is 0 Å². The highest BCUT2D eigenvalue weighted by molar-refractivity contribution is 5.43. The third-order valence-electron chi connectivity index (χ3n) is 1.11. The molecule has 4 heteroatoms. The Morgan fingerprint density at radius 3 is 2.40 bits per heavy atom. The Morgan fingerprint density at radius 1 is 1.60 bits per heavy atom. The minimum Gasteiger partial charge on any atom is -0.458 e. The Bertz CT molecular complexity index is 232. The number of aryl methyl sites for hydroxylation is 1. The van der Waals surface area contributed by atoms with Gasteiger partial charge in [-0.25, -0.2) is 8.78 Å². The predicted octanol–water partition coefficient (Wildman–Crippen LogP) is 2.11. The highest BCUT2D eigenvalue weighted by Gasteiger charge is 2.15. The van der Waals surface area contributed by atoms with Crippen molar-refractivity contribution in [1.82, 2.24) is 0 Å². The van der Waals surface area contributed by atoms with Gasteiger partial charge in [0.05, 0.1) is 5.69 Å². The molecular formula is C6H7F2NO. The van der Waals surface area contributed by atoms with Crippen molar-refractivity contribution in [2.24, 2.45) is 0 Å². The molecule has 0 fully saturated rings. The minimum atomic E-state index is -2.62. The van der Waals surface area contributed by atoms with Crippen molar-refractivity contribution in [3.63, 3.8) is 0 Å². The fourth-order valence-corrected chi connectivity index (χ4v) is 0.722. The van der Waals surface area contributed by atoms with Gasteiger partial charge in [0.2, 0.25) is 0 Å². The van der Waals surface area contributed by atoms with Crippen LogP contribution in [0.3, 0.4) is 0 Å². The van der Waals surface area contributed by atoms with Gasteiger partial charge >= 0.3 is 0 Å². The number of nitrogen functional groups attached to an aromatic ring is 1. The zero-order chi connectivity index (χ0) is 7.72. The summed E-state index contributed by atoms with van der Waals surface area (Å²) in [5.74, 6) is -0.0229. The van der Waals surface area contributed by atoms with Crippen molar-refractivity contribution >= 4 is 5.69 Å². The van der Waals surface area contributed by atoms with Crippen LogP contribution < -0.4 is 5.73 Å². The molecule has 56 valence electrons. The van der Waals surface area contributed by atoms with Crippen molar-refractivity contribution in [2.75, 3.05) is 5.73 Å². The number of furan rings is 1. The molecule has 0 aliphatic rings. The first kappa shape index (κ1) is 7.05. The number of rotatable bonds is 1. The molecule has 0 saturated carbocycles. The van der Waals surface area contributed by atoms with Gasteiger partial charge in [0.25, 0.3) is 6.43 Å². The van der Waals surface area contributed by atoms with Crippen molar-refractivity contribution in [2.45, 2.75) is 13.3 Å². The van der Waals surface area contributed by atoms with E-state index in [0.717, 1.165) is 0 Å². The first-order valence-electron chi connectivity index (χ1n) is 2.75. The van der Waals surface area contributed by atoms with Crippen LogP contribution in [-0.2, 0) is 0 Å². The SMILES string of the molecule is Cc1cc(N)c(C(F)F)o1. The molecule has 0 bridgehead atoms. The lowest BCUT2D eigenvalue weighted by Crippen LogP contribution is -1.88. The topological polar surface area (TPSA) is 39.2 Å². The van der Waals surface area contributed by atoms with Crippen molar-refractivity contribution < 1.29 is 13.2 Å². The summed E-state index contributed by atoms with van der Waals surface area (Å²) in [6, 6.07) is 1.38. The maximum Gasteiger partial charge on any atom is 0.297 e. The molecule has 0 spiro atoms. The van der Waals surface area contributed by atoms with Gasteiger partial charge in [-0.05, 0) is 6.92 Å². The maximum absolute atomic E-state index is 11.9. The van der Waals surface area contributed by atoms with Crippen LogP contribution in [0.4, 0.5) is 14.5 Å². The molecule has 1 aromatic heterocycles. The third kappa shape index (κ3) is 1.10. The molecular weight excluding hydrogens is 140 g/mol. The van der Waals surface area contributed by atoms with Gasteiger partial charge in [-0.15, -0.1) is 0 Å². The summed E-state index contributed by atoms with van der Waals surface area (Å²) in [6.45, 7) is 1.57. The van der Waals surface area contributed by atoms with Gasteiger partial charge in [0, 0.05) is 6.07 Å². The molecule has 2 N–H and O–H groups in total. The standard InChI is InChI=1S/C6H7F2NO/c1-3-2-4(9)5(10-3)6(7)8/h2,6H,9H2,1H3. The van der Waals surface area contributed by atoms with Crippen LogP contribution in [0, 0.1) is 6.92 Å². The second kappa shape index (κ2) is 2.28. The second-order valence-electron chi connectivity index (χ2n) is 1.98. The molecule has 1 rings (SSSR count). The maximum atomic E-state index is 11.9. The number of hydrogen-bond acceptors (Lipinski definition) is 2. The van der Waals surface area contributed by atoms with E-state index in [9.17, 15) is 8.78 Å². The highest BCUT2D eigenvalue weighted by Crippen LogP contribution is 2.27. The predicted molar refractivity (Wildman–Crippen MR) is 32.8 cm³/mol. The minimum absolute atomic E-state index is 0.0208. The molecule has 0 radical (unpaired) electrons.